The Morgan fingerprint density at radius 1 is 1.14 bits per heavy atom. The molecule has 0 fully saturated rings. The van der Waals surface area contributed by atoms with Gasteiger partial charge in [0, 0.05) is 10.5 Å². The van der Waals surface area contributed by atoms with Crippen molar-refractivity contribution in [2.45, 2.75) is 25.8 Å². The molecule has 0 aliphatic rings. The maximum absolute atomic E-state index is 6.30. The van der Waals surface area contributed by atoms with Gasteiger partial charge < -0.3 is 10.5 Å². The van der Waals surface area contributed by atoms with Gasteiger partial charge in [-0.15, -0.1) is 0 Å². The third-order valence-corrected chi connectivity index (χ3v) is 4.54. The average Bonchev–Trinajstić information content (AvgIpc) is 2.44. The molecule has 0 saturated carbocycles. The van der Waals surface area contributed by atoms with Gasteiger partial charge in [-0.05, 0) is 64.7 Å². The van der Waals surface area contributed by atoms with Gasteiger partial charge in [0.25, 0.3) is 0 Å². The van der Waals surface area contributed by atoms with Gasteiger partial charge >= 0.3 is 0 Å². The molecule has 2 nitrogen and oxygen atoms in total. The Bertz CT molecular complexity index is 634. The molecule has 2 N–H and O–H groups in total. The highest BCUT2D eigenvalue weighted by molar-refractivity contribution is 9.11. The van der Waals surface area contributed by atoms with Crippen LogP contribution in [0.4, 0.5) is 0 Å². The van der Waals surface area contributed by atoms with Crippen molar-refractivity contribution in [2.75, 3.05) is 0 Å². The summed E-state index contributed by atoms with van der Waals surface area (Å²) in [7, 11) is 0. The third kappa shape index (κ3) is 4.71. The van der Waals surface area contributed by atoms with Gasteiger partial charge in [-0.3, -0.25) is 0 Å². The molecule has 0 aromatic heterocycles. The van der Waals surface area contributed by atoms with Gasteiger partial charge in [-0.25, -0.2) is 0 Å². The minimum atomic E-state index is 0.161. The Morgan fingerprint density at radius 3 is 2.48 bits per heavy atom. The van der Waals surface area contributed by atoms with Gasteiger partial charge in [0.05, 0.1) is 9.50 Å². The van der Waals surface area contributed by atoms with Crippen LogP contribution in [0, 0.1) is 0 Å². The maximum atomic E-state index is 6.30. The van der Waals surface area contributed by atoms with Crippen molar-refractivity contribution in [3.63, 3.8) is 0 Å². The number of rotatable bonds is 5. The van der Waals surface area contributed by atoms with Gasteiger partial charge in [0.1, 0.15) is 11.5 Å². The van der Waals surface area contributed by atoms with Crippen molar-refractivity contribution in [2.24, 2.45) is 5.73 Å². The van der Waals surface area contributed by atoms with Gasteiger partial charge in [-0.2, -0.15) is 0 Å². The quantitative estimate of drug-likeness (QED) is 0.634. The molecule has 112 valence electrons. The van der Waals surface area contributed by atoms with E-state index in [0.29, 0.717) is 10.8 Å². The molecule has 1 atom stereocenters. The molecule has 0 amide bonds. The van der Waals surface area contributed by atoms with Crippen LogP contribution in [0.3, 0.4) is 0 Å². The molecule has 2 aromatic carbocycles. The van der Waals surface area contributed by atoms with Gasteiger partial charge in [0.15, 0.2) is 0 Å². The second kappa shape index (κ2) is 7.63. The minimum absolute atomic E-state index is 0.161. The second-order valence-electron chi connectivity index (χ2n) is 4.81. The zero-order chi connectivity index (χ0) is 15.4. The number of benzene rings is 2. The van der Waals surface area contributed by atoms with Crippen LogP contribution in [-0.2, 0) is 6.42 Å². The summed E-state index contributed by atoms with van der Waals surface area (Å²) in [5.41, 5.74) is 7.09. The van der Waals surface area contributed by atoms with Crippen molar-refractivity contribution in [1.29, 1.82) is 0 Å². The SMILES string of the molecule is CCC(N)Cc1ccc(Oc2ccc(Br)cc2Br)c(Cl)c1. The predicted molar refractivity (Wildman–Crippen MR) is 95.3 cm³/mol. The van der Waals surface area contributed by atoms with E-state index >= 15 is 0 Å². The largest absolute Gasteiger partial charge is 0.455 e. The van der Waals surface area contributed by atoms with E-state index in [1.807, 2.05) is 36.4 Å². The first-order valence-corrected chi connectivity index (χ1v) is 8.63. The summed E-state index contributed by atoms with van der Waals surface area (Å²) >= 11 is 13.2. The van der Waals surface area contributed by atoms with E-state index in [0.717, 1.165) is 33.1 Å². The monoisotopic (exact) mass is 431 g/mol. The lowest BCUT2D eigenvalue weighted by Crippen LogP contribution is -2.21. The number of nitrogens with two attached hydrogens (primary N) is 1. The summed E-state index contributed by atoms with van der Waals surface area (Å²) in [5, 5.41) is 0.589. The van der Waals surface area contributed by atoms with Crippen LogP contribution in [0.1, 0.15) is 18.9 Å². The summed E-state index contributed by atoms with van der Waals surface area (Å²) in [6.45, 7) is 2.08. The first kappa shape index (κ1) is 16.8. The van der Waals surface area contributed by atoms with E-state index in [2.05, 4.69) is 38.8 Å². The average molecular weight is 434 g/mol. The molecule has 2 aromatic rings. The van der Waals surface area contributed by atoms with E-state index in [-0.39, 0.29) is 6.04 Å². The highest BCUT2D eigenvalue weighted by Crippen LogP contribution is 2.35. The molecule has 0 aliphatic carbocycles. The zero-order valence-corrected chi connectivity index (χ0v) is 15.5. The fourth-order valence-corrected chi connectivity index (χ4v) is 3.25. The summed E-state index contributed by atoms with van der Waals surface area (Å²) in [6.07, 6.45) is 1.76. The van der Waals surface area contributed by atoms with Crippen molar-refractivity contribution >= 4 is 43.5 Å². The van der Waals surface area contributed by atoms with Crippen molar-refractivity contribution in [3.8, 4) is 11.5 Å². The first-order valence-electron chi connectivity index (χ1n) is 6.66. The second-order valence-corrected chi connectivity index (χ2v) is 6.99. The lowest BCUT2D eigenvalue weighted by atomic mass is 10.0. The van der Waals surface area contributed by atoms with Gasteiger partial charge in [-0.1, -0.05) is 40.5 Å². The van der Waals surface area contributed by atoms with Crippen molar-refractivity contribution in [3.05, 3.63) is 55.9 Å². The normalized spacial score (nSPS) is 12.2. The molecule has 0 saturated heterocycles. The smallest absolute Gasteiger partial charge is 0.146 e. The van der Waals surface area contributed by atoms with Crippen LogP contribution in [0.2, 0.25) is 5.02 Å². The summed E-state index contributed by atoms with van der Waals surface area (Å²) in [6, 6.07) is 11.7. The Balaban J connectivity index is 2.17. The van der Waals surface area contributed by atoms with Crippen LogP contribution < -0.4 is 10.5 Å². The van der Waals surface area contributed by atoms with E-state index in [1.165, 1.54) is 0 Å². The van der Waals surface area contributed by atoms with Crippen LogP contribution in [0.5, 0.6) is 11.5 Å². The molecule has 0 radical (unpaired) electrons. The highest BCUT2D eigenvalue weighted by atomic mass is 79.9. The van der Waals surface area contributed by atoms with Crippen LogP contribution in [0.25, 0.3) is 0 Å². The Hall–Kier alpha value is -0.550. The fraction of sp³-hybridized carbons (Fsp3) is 0.250. The lowest BCUT2D eigenvalue weighted by molar-refractivity contribution is 0.479. The predicted octanol–water partition coefficient (Wildman–Crippen LogP) is 5.94. The molecule has 0 bridgehead atoms. The highest BCUT2D eigenvalue weighted by Gasteiger charge is 2.09. The van der Waals surface area contributed by atoms with Gasteiger partial charge in [0.2, 0.25) is 0 Å². The molecule has 1 unspecified atom stereocenters. The minimum Gasteiger partial charge on any atom is -0.455 e. The Labute approximate surface area is 146 Å². The van der Waals surface area contributed by atoms with E-state index in [1.54, 1.807) is 0 Å². The summed E-state index contributed by atoms with van der Waals surface area (Å²) in [4.78, 5) is 0. The molecule has 2 rings (SSSR count). The first-order chi connectivity index (χ1) is 9.99. The number of halogens is 3. The standard InChI is InChI=1S/C16H16Br2ClNO/c1-2-12(20)7-10-3-5-16(14(19)8-10)21-15-6-4-11(17)9-13(15)18/h3-6,8-9,12H,2,7,20H2,1H3. The molecular formula is C16H16Br2ClNO. The van der Waals surface area contributed by atoms with Crippen molar-refractivity contribution < 1.29 is 4.74 Å². The molecular weight excluding hydrogens is 417 g/mol. The van der Waals surface area contributed by atoms with Crippen LogP contribution >= 0.6 is 43.5 Å². The zero-order valence-electron chi connectivity index (χ0n) is 11.6. The summed E-state index contributed by atoms with van der Waals surface area (Å²) < 4.78 is 7.70. The number of hydrogen-bond donors (Lipinski definition) is 1. The fourth-order valence-electron chi connectivity index (χ4n) is 1.88. The van der Waals surface area contributed by atoms with E-state index < -0.39 is 0 Å². The van der Waals surface area contributed by atoms with Crippen LogP contribution in [-0.4, -0.2) is 6.04 Å². The molecule has 5 heteroatoms. The topological polar surface area (TPSA) is 35.2 Å². The van der Waals surface area contributed by atoms with Crippen molar-refractivity contribution in [1.82, 2.24) is 0 Å². The Kier molecular flexibility index (Phi) is 6.11. The molecule has 0 heterocycles. The van der Waals surface area contributed by atoms with E-state index in [9.17, 15) is 0 Å². The molecule has 0 spiro atoms. The Morgan fingerprint density at radius 2 is 1.86 bits per heavy atom. The maximum Gasteiger partial charge on any atom is 0.146 e. The third-order valence-electron chi connectivity index (χ3n) is 3.13. The van der Waals surface area contributed by atoms with Crippen LogP contribution in [0.15, 0.2) is 45.3 Å². The van der Waals surface area contributed by atoms with E-state index in [4.69, 9.17) is 22.1 Å². The lowest BCUT2D eigenvalue weighted by Gasteiger charge is -2.12. The number of ether oxygens (including phenoxy) is 1. The number of hydrogen-bond acceptors (Lipinski definition) is 2. The molecule has 0 aliphatic heterocycles. The summed E-state index contributed by atoms with van der Waals surface area (Å²) in [5.74, 6) is 1.35. The molecule has 21 heavy (non-hydrogen) atoms.